The Labute approximate surface area is 128 Å². The SMILES string of the molecule is Cc1ccc(S(=O)(=O)NC2CCCCC2(C)C)cc1CN. The number of nitrogens with one attached hydrogen (secondary N) is 1. The Hall–Kier alpha value is -0.910. The van der Waals surface area contributed by atoms with E-state index < -0.39 is 10.0 Å². The van der Waals surface area contributed by atoms with E-state index in [1.54, 1.807) is 12.1 Å². The van der Waals surface area contributed by atoms with Crippen LogP contribution in [0, 0.1) is 12.3 Å². The van der Waals surface area contributed by atoms with Crippen molar-refractivity contribution in [2.45, 2.75) is 63.9 Å². The Morgan fingerprint density at radius 2 is 2.05 bits per heavy atom. The monoisotopic (exact) mass is 310 g/mol. The molecule has 1 fully saturated rings. The van der Waals surface area contributed by atoms with Crippen molar-refractivity contribution in [2.24, 2.45) is 11.1 Å². The first kappa shape index (κ1) is 16.5. The van der Waals surface area contributed by atoms with Gasteiger partial charge in [-0.2, -0.15) is 0 Å². The standard InChI is InChI=1S/C16H26N2O2S/c1-12-7-8-14(10-13(12)11-17)21(19,20)18-15-6-4-5-9-16(15,2)3/h7-8,10,15,18H,4-6,9,11,17H2,1-3H3. The van der Waals surface area contributed by atoms with Gasteiger partial charge in [-0.05, 0) is 48.4 Å². The minimum Gasteiger partial charge on any atom is -0.326 e. The van der Waals surface area contributed by atoms with Crippen molar-refractivity contribution < 1.29 is 8.42 Å². The van der Waals surface area contributed by atoms with Crippen LogP contribution in [0.2, 0.25) is 0 Å². The van der Waals surface area contributed by atoms with Gasteiger partial charge in [-0.25, -0.2) is 13.1 Å². The summed E-state index contributed by atoms with van der Waals surface area (Å²) < 4.78 is 28.1. The molecule has 1 aromatic rings. The van der Waals surface area contributed by atoms with Crippen molar-refractivity contribution in [1.82, 2.24) is 4.72 Å². The molecule has 1 atom stereocenters. The van der Waals surface area contributed by atoms with Crippen molar-refractivity contribution in [3.8, 4) is 0 Å². The normalized spacial score (nSPS) is 22.2. The molecule has 0 radical (unpaired) electrons. The Morgan fingerprint density at radius 1 is 1.33 bits per heavy atom. The van der Waals surface area contributed by atoms with Crippen LogP contribution in [-0.4, -0.2) is 14.5 Å². The molecule has 3 N–H and O–H groups in total. The molecule has 4 nitrogen and oxygen atoms in total. The molecule has 0 aliphatic heterocycles. The van der Waals surface area contributed by atoms with E-state index in [0.29, 0.717) is 11.4 Å². The highest BCUT2D eigenvalue weighted by atomic mass is 32.2. The molecule has 1 saturated carbocycles. The second kappa shape index (κ2) is 6.07. The Kier molecular flexibility index (Phi) is 4.76. The van der Waals surface area contributed by atoms with Crippen LogP contribution < -0.4 is 10.5 Å². The highest BCUT2D eigenvalue weighted by Crippen LogP contribution is 2.36. The third-order valence-corrected chi connectivity index (χ3v) is 6.12. The summed E-state index contributed by atoms with van der Waals surface area (Å²) in [6, 6.07) is 5.17. The fourth-order valence-electron chi connectivity index (χ4n) is 3.00. The van der Waals surface area contributed by atoms with Gasteiger partial charge in [-0.15, -0.1) is 0 Å². The van der Waals surface area contributed by atoms with Crippen molar-refractivity contribution in [2.75, 3.05) is 0 Å². The first-order chi connectivity index (χ1) is 9.76. The van der Waals surface area contributed by atoms with E-state index in [9.17, 15) is 8.42 Å². The first-order valence-electron chi connectivity index (χ1n) is 7.58. The van der Waals surface area contributed by atoms with E-state index in [1.807, 2.05) is 13.0 Å². The topological polar surface area (TPSA) is 72.2 Å². The zero-order valence-electron chi connectivity index (χ0n) is 13.1. The quantitative estimate of drug-likeness (QED) is 0.898. The summed E-state index contributed by atoms with van der Waals surface area (Å²) in [5.41, 5.74) is 7.58. The Bertz CT molecular complexity index is 609. The summed E-state index contributed by atoms with van der Waals surface area (Å²) in [5, 5.41) is 0. The summed E-state index contributed by atoms with van der Waals surface area (Å²) in [6.45, 7) is 6.57. The molecule has 0 aromatic heterocycles. The molecule has 0 amide bonds. The highest BCUT2D eigenvalue weighted by molar-refractivity contribution is 7.89. The molecular weight excluding hydrogens is 284 g/mol. The minimum atomic E-state index is -3.49. The maximum absolute atomic E-state index is 12.6. The van der Waals surface area contributed by atoms with E-state index in [-0.39, 0.29) is 11.5 Å². The zero-order chi connectivity index (χ0) is 15.7. The van der Waals surface area contributed by atoms with Crippen LogP contribution in [-0.2, 0) is 16.6 Å². The van der Waals surface area contributed by atoms with E-state index >= 15 is 0 Å². The van der Waals surface area contributed by atoms with Gasteiger partial charge in [0.25, 0.3) is 0 Å². The summed E-state index contributed by atoms with van der Waals surface area (Å²) in [6.07, 6.45) is 4.22. The average Bonchev–Trinajstić information content (AvgIpc) is 2.41. The van der Waals surface area contributed by atoms with Crippen LogP contribution in [0.3, 0.4) is 0 Å². The molecular formula is C16H26N2O2S. The van der Waals surface area contributed by atoms with Crippen molar-refractivity contribution in [1.29, 1.82) is 0 Å². The fraction of sp³-hybridized carbons (Fsp3) is 0.625. The van der Waals surface area contributed by atoms with Gasteiger partial charge in [0.1, 0.15) is 0 Å². The van der Waals surface area contributed by atoms with Crippen molar-refractivity contribution >= 4 is 10.0 Å². The number of hydrogen-bond donors (Lipinski definition) is 2. The average molecular weight is 310 g/mol. The molecule has 1 aromatic carbocycles. The van der Waals surface area contributed by atoms with Gasteiger partial charge in [0.05, 0.1) is 4.90 Å². The zero-order valence-corrected chi connectivity index (χ0v) is 14.0. The lowest BCUT2D eigenvalue weighted by molar-refractivity contribution is 0.188. The third-order valence-electron chi connectivity index (χ3n) is 4.66. The molecule has 0 spiro atoms. The van der Waals surface area contributed by atoms with Gasteiger partial charge in [0.15, 0.2) is 0 Å². The molecule has 0 saturated heterocycles. The molecule has 1 unspecified atom stereocenters. The number of benzene rings is 1. The predicted molar refractivity (Wildman–Crippen MR) is 85.4 cm³/mol. The molecule has 118 valence electrons. The molecule has 0 bridgehead atoms. The maximum atomic E-state index is 12.6. The lowest BCUT2D eigenvalue weighted by Crippen LogP contribution is -2.46. The van der Waals surface area contributed by atoms with Crippen LogP contribution in [0.5, 0.6) is 0 Å². The van der Waals surface area contributed by atoms with Crippen molar-refractivity contribution in [3.63, 3.8) is 0 Å². The van der Waals surface area contributed by atoms with E-state index in [1.165, 1.54) is 6.42 Å². The molecule has 0 heterocycles. The number of sulfonamides is 1. The van der Waals surface area contributed by atoms with Gasteiger partial charge in [0.2, 0.25) is 10.0 Å². The Balaban J connectivity index is 2.26. The van der Waals surface area contributed by atoms with Crippen molar-refractivity contribution in [3.05, 3.63) is 29.3 Å². The van der Waals surface area contributed by atoms with Gasteiger partial charge in [0, 0.05) is 12.6 Å². The molecule has 1 aliphatic rings. The van der Waals surface area contributed by atoms with E-state index in [0.717, 1.165) is 30.4 Å². The van der Waals surface area contributed by atoms with Crippen LogP contribution in [0.4, 0.5) is 0 Å². The summed E-state index contributed by atoms with van der Waals surface area (Å²) >= 11 is 0. The lowest BCUT2D eigenvalue weighted by Gasteiger charge is -2.38. The van der Waals surface area contributed by atoms with Crippen LogP contribution in [0.15, 0.2) is 23.1 Å². The summed E-state index contributed by atoms with van der Waals surface area (Å²) in [4.78, 5) is 0.315. The first-order valence-corrected chi connectivity index (χ1v) is 9.06. The minimum absolute atomic E-state index is 0.00104. The van der Waals surface area contributed by atoms with Gasteiger partial charge in [-0.3, -0.25) is 0 Å². The van der Waals surface area contributed by atoms with Gasteiger partial charge in [-0.1, -0.05) is 32.8 Å². The number of hydrogen-bond acceptors (Lipinski definition) is 3. The lowest BCUT2D eigenvalue weighted by atomic mass is 9.74. The number of nitrogens with two attached hydrogens (primary N) is 1. The maximum Gasteiger partial charge on any atom is 0.240 e. The molecule has 5 heteroatoms. The largest absolute Gasteiger partial charge is 0.326 e. The van der Waals surface area contributed by atoms with Gasteiger partial charge >= 0.3 is 0 Å². The molecule has 1 aliphatic carbocycles. The van der Waals surface area contributed by atoms with Crippen LogP contribution >= 0.6 is 0 Å². The number of aryl methyl sites for hydroxylation is 1. The second-order valence-corrected chi connectivity index (χ2v) is 8.41. The summed E-state index contributed by atoms with van der Waals surface area (Å²) in [5.74, 6) is 0. The Morgan fingerprint density at radius 3 is 2.67 bits per heavy atom. The number of rotatable bonds is 4. The molecule has 2 rings (SSSR count). The van der Waals surface area contributed by atoms with Crippen LogP contribution in [0.1, 0.15) is 50.7 Å². The third kappa shape index (κ3) is 3.65. The van der Waals surface area contributed by atoms with E-state index in [4.69, 9.17) is 5.73 Å². The fourth-order valence-corrected chi connectivity index (χ4v) is 4.49. The second-order valence-electron chi connectivity index (χ2n) is 6.70. The predicted octanol–water partition coefficient (Wildman–Crippen LogP) is 2.70. The van der Waals surface area contributed by atoms with E-state index in [2.05, 4.69) is 18.6 Å². The highest BCUT2D eigenvalue weighted by Gasteiger charge is 2.35. The summed E-state index contributed by atoms with van der Waals surface area (Å²) in [7, 11) is -3.49. The smallest absolute Gasteiger partial charge is 0.240 e. The molecule has 21 heavy (non-hydrogen) atoms. The van der Waals surface area contributed by atoms with Gasteiger partial charge < -0.3 is 5.73 Å². The van der Waals surface area contributed by atoms with Crippen LogP contribution in [0.25, 0.3) is 0 Å².